The van der Waals surface area contributed by atoms with Crippen LogP contribution >= 0.6 is 0 Å². The van der Waals surface area contributed by atoms with Crippen LogP contribution in [0.4, 0.5) is 0 Å². The second kappa shape index (κ2) is 4.96. The van der Waals surface area contributed by atoms with E-state index in [1.807, 2.05) is 18.2 Å². The number of aromatic nitrogens is 1. The number of carbonyl (C=O) groups excluding carboxylic acids is 1. The van der Waals surface area contributed by atoms with Gasteiger partial charge in [0, 0.05) is 18.0 Å². The van der Waals surface area contributed by atoms with Gasteiger partial charge in [0.1, 0.15) is 5.69 Å². The van der Waals surface area contributed by atoms with E-state index in [1.54, 1.807) is 12.3 Å². The molecule has 0 unspecified atom stereocenters. The lowest BCUT2D eigenvalue weighted by Gasteiger charge is -2.42. The lowest BCUT2D eigenvalue weighted by molar-refractivity contribution is 0.0900. The van der Waals surface area contributed by atoms with E-state index in [2.05, 4.69) is 29.2 Å². The Balaban J connectivity index is 1.83. The summed E-state index contributed by atoms with van der Waals surface area (Å²) < 4.78 is 0. The van der Waals surface area contributed by atoms with Crippen LogP contribution in [0, 0.1) is 0 Å². The van der Waals surface area contributed by atoms with Crippen molar-refractivity contribution in [3.05, 3.63) is 66.0 Å². The average molecular weight is 251 g/mol. The van der Waals surface area contributed by atoms with Gasteiger partial charge in [0.2, 0.25) is 0 Å². The van der Waals surface area contributed by atoms with Gasteiger partial charge in [-0.05, 0) is 30.5 Å². The summed E-state index contributed by atoms with van der Waals surface area (Å²) in [5.41, 5.74) is 1.94. The van der Waals surface area contributed by atoms with Crippen LogP contribution in [0.25, 0.3) is 0 Å². The summed E-state index contributed by atoms with van der Waals surface area (Å²) in [6.45, 7) is 0. The molecule has 1 aliphatic carbocycles. The highest BCUT2D eigenvalue weighted by Crippen LogP contribution is 2.46. The predicted octanol–water partition coefficient (Wildman–Crippen LogP) is 3.78. The van der Waals surface area contributed by atoms with Gasteiger partial charge in [0.15, 0.2) is 5.78 Å². The van der Waals surface area contributed by atoms with Crippen molar-refractivity contribution in [1.82, 2.24) is 4.98 Å². The zero-order valence-electron chi connectivity index (χ0n) is 10.9. The van der Waals surface area contributed by atoms with E-state index in [0.29, 0.717) is 12.1 Å². The average Bonchev–Trinajstić information content (AvgIpc) is 2.44. The fourth-order valence-electron chi connectivity index (χ4n) is 2.89. The molecule has 0 amide bonds. The molecule has 1 aliphatic rings. The zero-order chi connectivity index (χ0) is 13.1. The van der Waals surface area contributed by atoms with Crippen LogP contribution in [0.2, 0.25) is 0 Å². The minimum absolute atomic E-state index is 0.0515. The molecule has 0 bridgehead atoms. The Hall–Kier alpha value is -1.96. The van der Waals surface area contributed by atoms with Crippen LogP contribution in [0.15, 0.2) is 54.7 Å². The summed E-state index contributed by atoms with van der Waals surface area (Å²) in [5.74, 6) is 0.157. The van der Waals surface area contributed by atoms with Gasteiger partial charge in [-0.25, -0.2) is 0 Å². The monoisotopic (exact) mass is 251 g/mol. The van der Waals surface area contributed by atoms with E-state index in [0.717, 1.165) is 12.8 Å². The summed E-state index contributed by atoms with van der Waals surface area (Å²) in [5, 5.41) is 0. The Labute approximate surface area is 113 Å². The standard InChI is InChI=1S/C17H17NO/c19-16(15-9-4-5-12-18-15)13-17(10-6-11-17)14-7-2-1-3-8-14/h1-5,7-9,12H,6,10-11,13H2. The summed E-state index contributed by atoms with van der Waals surface area (Å²) in [7, 11) is 0. The maximum Gasteiger partial charge on any atom is 0.182 e. The number of ketones is 1. The van der Waals surface area contributed by atoms with E-state index < -0.39 is 0 Å². The number of nitrogens with zero attached hydrogens (tertiary/aromatic N) is 1. The second-order valence-corrected chi connectivity index (χ2v) is 5.31. The van der Waals surface area contributed by atoms with Gasteiger partial charge in [-0.3, -0.25) is 9.78 Å². The second-order valence-electron chi connectivity index (χ2n) is 5.31. The number of Topliss-reactive ketones (excluding diaryl/α,β-unsaturated/α-hetero) is 1. The Morgan fingerprint density at radius 2 is 1.79 bits per heavy atom. The predicted molar refractivity (Wildman–Crippen MR) is 75.2 cm³/mol. The van der Waals surface area contributed by atoms with Crippen molar-refractivity contribution in [3.63, 3.8) is 0 Å². The third kappa shape index (κ3) is 2.30. The van der Waals surface area contributed by atoms with Crippen molar-refractivity contribution in [1.29, 1.82) is 0 Å². The molecule has 1 aromatic heterocycles. The van der Waals surface area contributed by atoms with E-state index in [9.17, 15) is 4.79 Å². The molecule has 1 fully saturated rings. The molecule has 0 saturated heterocycles. The summed E-state index contributed by atoms with van der Waals surface area (Å²) in [4.78, 5) is 16.5. The Kier molecular flexibility index (Phi) is 3.16. The van der Waals surface area contributed by atoms with Crippen LogP contribution in [0.5, 0.6) is 0 Å². The molecule has 1 heterocycles. The van der Waals surface area contributed by atoms with Crippen molar-refractivity contribution in [2.75, 3.05) is 0 Å². The Bertz CT molecular complexity index is 558. The highest BCUT2D eigenvalue weighted by Gasteiger charge is 2.40. The molecule has 0 aliphatic heterocycles. The normalized spacial score (nSPS) is 16.6. The van der Waals surface area contributed by atoms with Gasteiger partial charge in [-0.1, -0.05) is 42.8 Å². The van der Waals surface area contributed by atoms with Crippen LogP contribution in [0.1, 0.15) is 41.7 Å². The van der Waals surface area contributed by atoms with Gasteiger partial charge in [0.05, 0.1) is 0 Å². The van der Waals surface area contributed by atoms with E-state index in [-0.39, 0.29) is 11.2 Å². The van der Waals surface area contributed by atoms with E-state index in [4.69, 9.17) is 0 Å². The molecule has 0 atom stereocenters. The molecule has 1 saturated carbocycles. The smallest absolute Gasteiger partial charge is 0.182 e. The van der Waals surface area contributed by atoms with Crippen LogP contribution in [0.3, 0.4) is 0 Å². The molecule has 96 valence electrons. The Morgan fingerprint density at radius 1 is 1.05 bits per heavy atom. The lowest BCUT2D eigenvalue weighted by atomic mass is 9.62. The number of carbonyl (C=O) groups is 1. The molecule has 19 heavy (non-hydrogen) atoms. The first-order chi connectivity index (χ1) is 9.30. The van der Waals surface area contributed by atoms with Crippen LogP contribution in [-0.4, -0.2) is 10.8 Å². The Morgan fingerprint density at radius 3 is 2.37 bits per heavy atom. The number of pyridine rings is 1. The van der Waals surface area contributed by atoms with Gasteiger partial charge < -0.3 is 0 Å². The third-order valence-electron chi connectivity index (χ3n) is 4.15. The first-order valence-electron chi connectivity index (χ1n) is 6.80. The fraction of sp³-hybridized carbons (Fsp3) is 0.294. The first kappa shape index (κ1) is 12.1. The highest BCUT2D eigenvalue weighted by molar-refractivity contribution is 5.95. The minimum Gasteiger partial charge on any atom is -0.292 e. The molecular formula is C17H17NO. The van der Waals surface area contributed by atoms with Crippen molar-refractivity contribution >= 4 is 5.78 Å². The molecule has 3 rings (SSSR count). The van der Waals surface area contributed by atoms with Crippen molar-refractivity contribution in [2.24, 2.45) is 0 Å². The SMILES string of the molecule is O=C(CC1(c2ccccc2)CCC1)c1ccccn1. The number of rotatable bonds is 4. The number of benzene rings is 1. The molecule has 0 radical (unpaired) electrons. The molecule has 2 aromatic rings. The largest absolute Gasteiger partial charge is 0.292 e. The van der Waals surface area contributed by atoms with Gasteiger partial charge in [-0.2, -0.15) is 0 Å². The summed E-state index contributed by atoms with van der Waals surface area (Å²) in [6, 6.07) is 15.9. The number of hydrogen-bond acceptors (Lipinski definition) is 2. The molecular weight excluding hydrogens is 234 g/mol. The van der Waals surface area contributed by atoms with Crippen molar-refractivity contribution in [3.8, 4) is 0 Å². The topological polar surface area (TPSA) is 30.0 Å². The third-order valence-corrected chi connectivity index (χ3v) is 4.15. The van der Waals surface area contributed by atoms with Crippen molar-refractivity contribution in [2.45, 2.75) is 31.1 Å². The molecule has 2 nitrogen and oxygen atoms in total. The molecule has 0 N–H and O–H groups in total. The van der Waals surface area contributed by atoms with E-state index in [1.165, 1.54) is 12.0 Å². The lowest BCUT2D eigenvalue weighted by Crippen LogP contribution is -2.36. The maximum atomic E-state index is 12.4. The molecule has 2 heteroatoms. The van der Waals surface area contributed by atoms with Gasteiger partial charge in [0.25, 0.3) is 0 Å². The van der Waals surface area contributed by atoms with Crippen LogP contribution in [-0.2, 0) is 5.41 Å². The first-order valence-corrected chi connectivity index (χ1v) is 6.80. The zero-order valence-corrected chi connectivity index (χ0v) is 10.9. The fourth-order valence-corrected chi connectivity index (χ4v) is 2.89. The summed E-state index contributed by atoms with van der Waals surface area (Å²) >= 11 is 0. The molecule has 1 aromatic carbocycles. The van der Waals surface area contributed by atoms with Gasteiger partial charge >= 0.3 is 0 Å². The molecule has 0 spiro atoms. The highest BCUT2D eigenvalue weighted by atomic mass is 16.1. The minimum atomic E-state index is 0.0515. The van der Waals surface area contributed by atoms with E-state index >= 15 is 0 Å². The number of hydrogen-bond donors (Lipinski definition) is 0. The quantitative estimate of drug-likeness (QED) is 0.774. The summed E-state index contributed by atoms with van der Waals surface area (Å²) in [6.07, 6.45) is 5.69. The van der Waals surface area contributed by atoms with Crippen LogP contribution < -0.4 is 0 Å². The van der Waals surface area contributed by atoms with Crippen molar-refractivity contribution < 1.29 is 4.79 Å². The maximum absolute atomic E-state index is 12.4. The van der Waals surface area contributed by atoms with Gasteiger partial charge in [-0.15, -0.1) is 0 Å².